The van der Waals surface area contributed by atoms with Crippen molar-refractivity contribution in [3.05, 3.63) is 29.2 Å². The van der Waals surface area contributed by atoms with Gasteiger partial charge in [-0.05, 0) is 18.4 Å². The minimum absolute atomic E-state index is 0.109. The van der Waals surface area contributed by atoms with Gasteiger partial charge in [-0.2, -0.15) is 4.98 Å². The van der Waals surface area contributed by atoms with Crippen LogP contribution in [0, 0.1) is 0 Å². The van der Waals surface area contributed by atoms with Crippen molar-refractivity contribution in [1.82, 2.24) is 24.9 Å². The van der Waals surface area contributed by atoms with Crippen molar-refractivity contribution in [3.63, 3.8) is 0 Å². The second-order valence-corrected chi connectivity index (χ2v) is 7.97. The highest BCUT2D eigenvalue weighted by Gasteiger charge is 2.21. The first kappa shape index (κ1) is 16.2. The van der Waals surface area contributed by atoms with Crippen molar-refractivity contribution in [2.45, 2.75) is 50.6 Å². The monoisotopic (exact) mass is 349 g/mol. The van der Waals surface area contributed by atoms with Gasteiger partial charge in [-0.25, -0.2) is 0 Å². The topological polar surface area (TPSA) is 69.6 Å². The predicted octanol–water partition coefficient (Wildman–Crippen LogP) is 4.00. The molecule has 122 valence electrons. The zero-order valence-electron chi connectivity index (χ0n) is 13.6. The van der Waals surface area contributed by atoms with Gasteiger partial charge in [-0.1, -0.05) is 43.8 Å². The molecule has 0 aliphatic carbocycles. The molecule has 3 heterocycles. The molecule has 0 fully saturated rings. The Morgan fingerprint density at radius 2 is 2.13 bits per heavy atom. The first-order chi connectivity index (χ1) is 11.0. The van der Waals surface area contributed by atoms with E-state index in [1.54, 1.807) is 23.1 Å². The summed E-state index contributed by atoms with van der Waals surface area (Å²) in [7, 11) is 0. The maximum Gasteiger partial charge on any atom is 0.237 e. The van der Waals surface area contributed by atoms with Crippen molar-refractivity contribution in [3.8, 4) is 10.7 Å². The molecule has 0 unspecified atom stereocenters. The zero-order valence-corrected chi connectivity index (χ0v) is 15.2. The number of thiophene rings is 1. The van der Waals surface area contributed by atoms with E-state index in [2.05, 4.69) is 58.7 Å². The molecule has 0 saturated heterocycles. The van der Waals surface area contributed by atoms with Gasteiger partial charge in [-0.3, -0.25) is 0 Å². The van der Waals surface area contributed by atoms with Gasteiger partial charge in [0.15, 0.2) is 16.8 Å². The molecular formula is C15H19N5OS2. The fourth-order valence-corrected chi connectivity index (χ4v) is 3.57. The van der Waals surface area contributed by atoms with Crippen LogP contribution in [-0.4, -0.2) is 24.9 Å². The number of nitrogens with zero attached hydrogens (tertiary/aromatic N) is 5. The van der Waals surface area contributed by atoms with E-state index in [9.17, 15) is 0 Å². The first-order valence-corrected chi connectivity index (χ1v) is 9.28. The minimum Gasteiger partial charge on any atom is -0.338 e. The van der Waals surface area contributed by atoms with Gasteiger partial charge in [0, 0.05) is 12.0 Å². The smallest absolute Gasteiger partial charge is 0.237 e. The molecule has 3 rings (SSSR count). The number of rotatable bonds is 5. The molecule has 0 amide bonds. The lowest BCUT2D eigenvalue weighted by atomic mass is 9.96. The average Bonchev–Trinajstić information content (AvgIpc) is 3.23. The van der Waals surface area contributed by atoms with Crippen LogP contribution in [0.1, 0.15) is 39.4 Å². The second kappa shape index (κ2) is 6.45. The van der Waals surface area contributed by atoms with E-state index >= 15 is 0 Å². The van der Waals surface area contributed by atoms with Crippen LogP contribution in [0.25, 0.3) is 10.7 Å². The molecule has 23 heavy (non-hydrogen) atoms. The Balaban J connectivity index is 1.75. The van der Waals surface area contributed by atoms with Crippen molar-refractivity contribution in [1.29, 1.82) is 0 Å². The van der Waals surface area contributed by atoms with Crippen LogP contribution in [0.2, 0.25) is 0 Å². The fraction of sp³-hybridized carbons (Fsp3) is 0.467. The van der Waals surface area contributed by atoms with Crippen molar-refractivity contribution in [2.75, 3.05) is 0 Å². The standard InChI is InChI=1S/C15H19N5OS2/c1-5-20-12(10-7-6-8-22-10)17-18-14(20)23-9-11-16-13(19-21-11)15(2,3)4/h6-8H,5,9H2,1-4H3. The molecule has 8 heteroatoms. The van der Waals surface area contributed by atoms with E-state index in [0.717, 1.165) is 28.2 Å². The quantitative estimate of drug-likeness (QED) is 0.649. The van der Waals surface area contributed by atoms with Crippen molar-refractivity contribution in [2.24, 2.45) is 0 Å². The Morgan fingerprint density at radius 3 is 2.74 bits per heavy atom. The molecule has 0 bridgehead atoms. The van der Waals surface area contributed by atoms with Gasteiger partial charge in [0.05, 0.1) is 10.6 Å². The highest BCUT2D eigenvalue weighted by molar-refractivity contribution is 7.98. The van der Waals surface area contributed by atoms with Gasteiger partial charge in [0.2, 0.25) is 5.89 Å². The number of hydrogen-bond acceptors (Lipinski definition) is 7. The van der Waals surface area contributed by atoms with Crippen LogP contribution in [0.4, 0.5) is 0 Å². The van der Waals surface area contributed by atoms with E-state index in [-0.39, 0.29) is 5.41 Å². The lowest BCUT2D eigenvalue weighted by molar-refractivity contribution is 0.372. The minimum atomic E-state index is -0.109. The summed E-state index contributed by atoms with van der Waals surface area (Å²) in [5.74, 6) is 2.84. The summed E-state index contributed by atoms with van der Waals surface area (Å²) in [6, 6.07) is 4.08. The molecule has 3 aromatic heterocycles. The number of thioether (sulfide) groups is 1. The SMILES string of the molecule is CCn1c(SCc2nc(C(C)(C)C)no2)nnc1-c1cccs1. The van der Waals surface area contributed by atoms with Gasteiger partial charge >= 0.3 is 0 Å². The normalized spacial score (nSPS) is 12.0. The third-order valence-corrected chi connectivity index (χ3v) is 5.06. The highest BCUT2D eigenvalue weighted by Crippen LogP contribution is 2.29. The Bertz CT molecular complexity index is 770. The summed E-state index contributed by atoms with van der Waals surface area (Å²) >= 11 is 3.23. The third kappa shape index (κ3) is 3.48. The van der Waals surface area contributed by atoms with Gasteiger partial charge < -0.3 is 9.09 Å². The molecular weight excluding hydrogens is 330 g/mol. The van der Waals surface area contributed by atoms with E-state index in [0.29, 0.717) is 11.6 Å². The van der Waals surface area contributed by atoms with E-state index in [4.69, 9.17) is 4.52 Å². The molecule has 0 aliphatic heterocycles. The van der Waals surface area contributed by atoms with Crippen LogP contribution < -0.4 is 0 Å². The summed E-state index contributed by atoms with van der Waals surface area (Å²) < 4.78 is 7.44. The molecule has 6 nitrogen and oxygen atoms in total. The number of aromatic nitrogens is 5. The fourth-order valence-electron chi connectivity index (χ4n) is 2.01. The summed E-state index contributed by atoms with van der Waals surface area (Å²) in [6.45, 7) is 9.11. The molecule has 0 spiro atoms. The molecule has 0 aliphatic rings. The average molecular weight is 349 g/mol. The summed E-state index contributed by atoms with van der Waals surface area (Å²) in [6.07, 6.45) is 0. The van der Waals surface area contributed by atoms with Gasteiger partial charge in [0.1, 0.15) is 0 Å². The van der Waals surface area contributed by atoms with Crippen LogP contribution in [0.15, 0.2) is 27.2 Å². The molecule has 0 aromatic carbocycles. The third-order valence-electron chi connectivity index (χ3n) is 3.24. The van der Waals surface area contributed by atoms with Crippen LogP contribution >= 0.6 is 23.1 Å². The highest BCUT2D eigenvalue weighted by atomic mass is 32.2. The Hall–Kier alpha value is -1.67. The summed E-state index contributed by atoms with van der Waals surface area (Å²) in [5, 5.41) is 15.6. The maximum atomic E-state index is 5.33. The van der Waals surface area contributed by atoms with Crippen molar-refractivity contribution >= 4 is 23.1 Å². The van der Waals surface area contributed by atoms with E-state index in [1.807, 2.05) is 11.4 Å². The largest absolute Gasteiger partial charge is 0.338 e. The maximum absolute atomic E-state index is 5.33. The Labute approximate surface area is 143 Å². The van der Waals surface area contributed by atoms with E-state index < -0.39 is 0 Å². The van der Waals surface area contributed by atoms with Crippen molar-refractivity contribution < 1.29 is 4.52 Å². The van der Waals surface area contributed by atoms with Gasteiger partial charge in [-0.15, -0.1) is 21.5 Å². The molecule has 0 N–H and O–H groups in total. The molecule has 0 atom stereocenters. The first-order valence-electron chi connectivity index (χ1n) is 7.42. The number of hydrogen-bond donors (Lipinski definition) is 0. The Morgan fingerprint density at radius 1 is 1.30 bits per heavy atom. The molecule has 0 saturated carbocycles. The Kier molecular flexibility index (Phi) is 4.54. The lowest BCUT2D eigenvalue weighted by Crippen LogP contribution is -2.13. The molecule has 0 radical (unpaired) electrons. The molecule has 3 aromatic rings. The van der Waals surface area contributed by atoms with Crippen LogP contribution in [-0.2, 0) is 17.7 Å². The van der Waals surface area contributed by atoms with Gasteiger partial charge in [0.25, 0.3) is 0 Å². The lowest BCUT2D eigenvalue weighted by Gasteiger charge is -2.10. The second-order valence-electron chi connectivity index (χ2n) is 6.08. The summed E-state index contributed by atoms with van der Waals surface area (Å²) in [4.78, 5) is 5.58. The van der Waals surface area contributed by atoms with Crippen LogP contribution in [0.3, 0.4) is 0 Å². The van der Waals surface area contributed by atoms with E-state index in [1.165, 1.54) is 0 Å². The predicted molar refractivity (Wildman–Crippen MR) is 91.6 cm³/mol. The van der Waals surface area contributed by atoms with Crippen LogP contribution in [0.5, 0.6) is 0 Å². The summed E-state index contributed by atoms with van der Waals surface area (Å²) in [5.41, 5.74) is -0.109. The zero-order chi connectivity index (χ0) is 16.4.